The Bertz CT molecular complexity index is 1570. The summed E-state index contributed by atoms with van der Waals surface area (Å²) in [7, 11) is 1.75. The molecule has 0 bridgehead atoms. The van der Waals surface area contributed by atoms with Crippen LogP contribution in [0.4, 0.5) is 5.69 Å². The first-order chi connectivity index (χ1) is 19.8. The Labute approximate surface area is 242 Å². The van der Waals surface area contributed by atoms with Crippen molar-refractivity contribution in [1.29, 1.82) is 0 Å². The van der Waals surface area contributed by atoms with E-state index in [9.17, 15) is 19.7 Å². The lowest BCUT2D eigenvalue weighted by Gasteiger charge is -2.36. The highest BCUT2D eigenvalue weighted by molar-refractivity contribution is 8.16. The number of carbonyl (C=O) groups is 2. The summed E-state index contributed by atoms with van der Waals surface area (Å²) in [6.07, 6.45) is 0.0617. The predicted octanol–water partition coefficient (Wildman–Crippen LogP) is 5.96. The zero-order valence-corrected chi connectivity index (χ0v) is 23.4. The molecule has 2 heterocycles. The minimum Gasteiger partial charge on any atom is -0.457 e. The monoisotopic (exact) mass is 568 g/mol. The molecule has 0 aromatic heterocycles. The number of fused-ring (bicyclic) bond motifs is 1. The first kappa shape index (κ1) is 27.9. The van der Waals surface area contributed by atoms with Crippen molar-refractivity contribution in [2.45, 2.75) is 32.5 Å². The minimum absolute atomic E-state index is 0.0617. The standard InChI is InChI=1S/C31H28N4O5S/c1-21-28(30(37)40-19-23-12-7-4-8-13-23)29(24-14-9-15-25(16-24)35(38)39)34-26(20-41-31(34)32-21)17-27(36)33(2)18-22-10-5-3-6-11-22/h3-16,20,29H,17-19H2,1-2H3. The first-order valence-corrected chi connectivity index (χ1v) is 13.9. The average molecular weight is 569 g/mol. The number of aliphatic imine (C=N–C) groups is 1. The van der Waals surface area contributed by atoms with Crippen molar-refractivity contribution in [1.82, 2.24) is 9.80 Å². The number of hydrogen-bond acceptors (Lipinski definition) is 8. The average Bonchev–Trinajstić information content (AvgIpc) is 3.37. The lowest BCUT2D eigenvalue weighted by atomic mass is 9.93. The summed E-state index contributed by atoms with van der Waals surface area (Å²) >= 11 is 1.35. The van der Waals surface area contributed by atoms with E-state index in [4.69, 9.17) is 4.74 Å². The third-order valence-electron chi connectivity index (χ3n) is 6.85. The van der Waals surface area contributed by atoms with Crippen LogP contribution >= 0.6 is 11.8 Å². The van der Waals surface area contributed by atoms with Gasteiger partial charge in [-0.25, -0.2) is 9.79 Å². The maximum absolute atomic E-state index is 13.6. The highest BCUT2D eigenvalue weighted by Crippen LogP contribution is 2.45. The summed E-state index contributed by atoms with van der Waals surface area (Å²) in [6, 6.07) is 24.5. The van der Waals surface area contributed by atoms with Crippen LogP contribution in [0.2, 0.25) is 0 Å². The smallest absolute Gasteiger partial charge is 0.338 e. The summed E-state index contributed by atoms with van der Waals surface area (Å²) in [6.45, 7) is 2.24. The zero-order valence-electron chi connectivity index (χ0n) is 22.6. The van der Waals surface area contributed by atoms with E-state index >= 15 is 0 Å². The van der Waals surface area contributed by atoms with Gasteiger partial charge in [-0.15, -0.1) is 0 Å². The molecule has 208 valence electrons. The van der Waals surface area contributed by atoms with Crippen LogP contribution in [0.3, 0.4) is 0 Å². The number of thioether (sulfide) groups is 1. The fourth-order valence-corrected chi connectivity index (χ4v) is 5.76. The van der Waals surface area contributed by atoms with Gasteiger partial charge in [0.2, 0.25) is 5.91 Å². The second-order valence-electron chi connectivity index (χ2n) is 9.72. The molecule has 0 saturated carbocycles. The van der Waals surface area contributed by atoms with Crippen LogP contribution in [0.5, 0.6) is 0 Å². The minimum atomic E-state index is -0.765. The second-order valence-corrected chi connectivity index (χ2v) is 10.6. The van der Waals surface area contributed by atoms with E-state index in [2.05, 4.69) is 4.99 Å². The third-order valence-corrected chi connectivity index (χ3v) is 7.74. The topological polar surface area (TPSA) is 105 Å². The van der Waals surface area contributed by atoms with Crippen LogP contribution in [0, 0.1) is 10.1 Å². The lowest BCUT2D eigenvalue weighted by molar-refractivity contribution is -0.384. The summed E-state index contributed by atoms with van der Waals surface area (Å²) in [5.41, 5.74) is 3.64. The number of ether oxygens (including phenoxy) is 1. The lowest BCUT2D eigenvalue weighted by Crippen LogP contribution is -2.38. The molecule has 3 aromatic rings. The molecular weight excluding hydrogens is 540 g/mol. The van der Waals surface area contributed by atoms with Crippen molar-refractivity contribution >= 4 is 34.5 Å². The van der Waals surface area contributed by atoms with E-state index in [-0.39, 0.29) is 30.2 Å². The normalized spacial score (nSPS) is 16.0. The summed E-state index contributed by atoms with van der Waals surface area (Å²) in [4.78, 5) is 46.2. The number of hydrogen-bond donors (Lipinski definition) is 0. The van der Waals surface area contributed by atoms with Gasteiger partial charge < -0.3 is 14.5 Å². The quantitative estimate of drug-likeness (QED) is 0.178. The number of allylic oxidation sites excluding steroid dienone is 1. The number of amidine groups is 1. The van der Waals surface area contributed by atoms with Gasteiger partial charge in [-0.3, -0.25) is 14.9 Å². The fourth-order valence-electron chi connectivity index (χ4n) is 4.79. The summed E-state index contributed by atoms with van der Waals surface area (Å²) in [5.74, 6) is -0.686. The largest absolute Gasteiger partial charge is 0.457 e. The first-order valence-electron chi connectivity index (χ1n) is 13.0. The van der Waals surface area contributed by atoms with Crippen molar-refractivity contribution in [3.05, 3.63) is 134 Å². The molecule has 1 unspecified atom stereocenters. The van der Waals surface area contributed by atoms with Gasteiger partial charge in [0.1, 0.15) is 6.61 Å². The summed E-state index contributed by atoms with van der Waals surface area (Å²) in [5, 5.41) is 14.1. The van der Waals surface area contributed by atoms with Gasteiger partial charge in [-0.1, -0.05) is 84.6 Å². The van der Waals surface area contributed by atoms with Crippen LogP contribution < -0.4 is 0 Å². The molecule has 1 amide bonds. The van der Waals surface area contributed by atoms with Crippen molar-refractivity contribution in [3.8, 4) is 0 Å². The van der Waals surface area contributed by atoms with Crippen molar-refractivity contribution in [3.63, 3.8) is 0 Å². The van der Waals surface area contributed by atoms with Crippen molar-refractivity contribution in [2.75, 3.05) is 7.05 Å². The van der Waals surface area contributed by atoms with Crippen LogP contribution in [0.15, 0.2) is 112 Å². The van der Waals surface area contributed by atoms with Gasteiger partial charge in [0.05, 0.1) is 28.7 Å². The number of rotatable bonds is 9. The van der Waals surface area contributed by atoms with Gasteiger partial charge in [0.15, 0.2) is 5.17 Å². The van der Waals surface area contributed by atoms with Crippen molar-refractivity contribution in [2.24, 2.45) is 4.99 Å². The number of non-ortho nitro benzene ring substituents is 1. The molecule has 10 heteroatoms. The van der Waals surface area contributed by atoms with Gasteiger partial charge in [0, 0.05) is 31.4 Å². The number of nitrogens with zero attached hydrogens (tertiary/aromatic N) is 4. The third kappa shape index (κ3) is 6.22. The van der Waals surface area contributed by atoms with Crippen LogP contribution in [0.25, 0.3) is 0 Å². The molecule has 2 aliphatic rings. The summed E-state index contributed by atoms with van der Waals surface area (Å²) < 4.78 is 5.71. The molecule has 2 aliphatic heterocycles. The van der Waals surface area contributed by atoms with Gasteiger partial charge in [-0.2, -0.15) is 0 Å². The predicted molar refractivity (Wildman–Crippen MR) is 157 cm³/mol. The van der Waals surface area contributed by atoms with Gasteiger partial charge >= 0.3 is 5.97 Å². The SMILES string of the molecule is CC1=C(C(=O)OCc2ccccc2)C(c2cccc([N+](=O)[O-])c2)N2C(CC(=O)N(C)Cc3ccccc3)=CSC2=N1. The number of carbonyl (C=O) groups excluding carboxylic acids is 2. The van der Waals surface area contributed by atoms with E-state index in [1.54, 1.807) is 31.0 Å². The van der Waals surface area contributed by atoms with E-state index in [1.807, 2.05) is 71.0 Å². The molecule has 0 radical (unpaired) electrons. The van der Waals surface area contributed by atoms with Crippen LogP contribution in [-0.2, 0) is 27.5 Å². The molecule has 0 saturated heterocycles. The highest BCUT2D eigenvalue weighted by atomic mass is 32.2. The Balaban J connectivity index is 1.45. The number of nitro benzene ring substituents is 1. The molecule has 3 aromatic carbocycles. The number of benzene rings is 3. The molecule has 0 N–H and O–H groups in total. The molecule has 1 atom stereocenters. The Morgan fingerprint density at radius 3 is 2.39 bits per heavy atom. The number of amides is 1. The van der Waals surface area contributed by atoms with Crippen molar-refractivity contribution < 1.29 is 19.2 Å². The Morgan fingerprint density at radius 1 is 1.02 bits per heavy atom. The zero-order chi connectivity index (χ0) is 28.9. The van der Waals surface area contributed by atoms with E-state index < -0.39 is 16.9 Å². The van der Waals surface area contributed by atoms with Gasteiger partial charge in [0.25, 0.3) is 5.69 Å². The van der Waals surface area contributed by atoms with E-state index in [0.29, 0.717) is 28.7 Å². The number of nitro groups is 1. The molecule has 9 nitrogen and oxygen atoms in total. The molecule has 0 aliphatic carbocycles. The Kier molecular flexibility index (Phi) is 8.30. The Morgan fingerprint density at radius 2 is 1.71 bits per heavy atom. The molecule has 0 fully saturated rings. The number of esters is 1. The highest BCUT2D eigenvalue weighted by Gasteiger charge is 2.41. The molecule has 0 spiro atoms. The van der Waals surface area contributed by atoms with Crippen LogP contribution in [-0.4, -0.2) is 38.8 Å². The molecular formula is C31H28N4O5S. The maximum Gasteiger partial charge on any atom is 0.338 e. The van der Waals surface area contributed by atoms with E-state index in [0.717, 1.165) is 11.1 Å². The van der Waals surface area contributed by atoms with E-state index in [1.165, 1.54) is 23.9 Å². The van der Waals surface area contributed by atoms with Gasteiger partial charge in [-0.05, 0) is 29.0 Å². The molecule has 41 heavy (non-hydrogen) atoms. The molecule has 5 rings (SSSR count). The maximum atomic E-state index is 13.6. The fraction of sp³-hybridized carbons (Fsp3) is 0.194. The van der Waals surface area contributed by atoms with Crippen LogP contribution in [0.1, 0.15) is 36.1 Å². The Hall–Kier alpha value is -4.70. The second kappa shape index (κ2) is 12.2.